The molecule has 144 valence electrons. The molecule has 2 N–H and O–H groups in total. The van der Waals surface area contributed by atoms with Crippen LogP contribution in [0.25, 0.3) is 0 Å². The fourth-order valence-corrected chi connectivity index (χ4v) is 2.82. The number of nitrogens with zero attached hydrogens (tertiary/aromatic N) is 1. The minimum absolute atomic E-state index is 0.147. The maximum Gasteiger partial charge on any atom is 0.261 e. The summed E-state index contributed by atoms with van der Waals surface area (Å²) in [5.74, 6) is 0.639. The van der Waals surface area contributed by atoms with Gasteiger partial charge in [0, 0.05) is 25.4 Å². The smallest absolute Gasteiger partial charge is 0.261 e. The number of hydrogen-bond acceptors (Lipinski definition) is 4. The van der Waals surface area contributed by atoms with Crippen LogP contribution in [0, 0.1) is 0 Å². The van der Waals surface area contributed by atoms with Gasteiger partial charge in [0.2, 0.25) is 0 Å². The van der Waals surface area contributed by atoms with E-state index in [1.165, 1.54) is 0 Å². The highest BCUT2D eigenvalue weighted by Gasteiger charge is 2.19. The third-order valence-electron chi connectivity index (χ3n) is 4.01. The van der Waals surface area contributed by atoms with Crippen LogP contribution < -0.4 is 10.1 Å². The molecule has 0 aliphatic rings. The van der Waals surface area contributed by atoms with E-state index in [1.54, 1.807) is 37.5 Å². The van der Waals surface area contributed by atoms with Gasteiger partial charge in [-0.25, -0.2) is 0 Å². The van der Waals surface area contributed by atoms with E-state index < -0.39 is 6.10 Å². The van der Waals surface area contributed by atoms with E-state index in [0.29, 0.717) is 30.2 Å². The minimum Gasteiger partial charge on any atom is -0.508 e. The van der Waals surface area contributed by atoms with Crippen molar-refractivity contribution in [1.82, 2.24) is 5.32 Å². The number of rotatable bonds is 9. The number of hydrogen-bond donors (Lipinski definition) is 2. The standard InChI is InChI=1S/C21H25ClN2O3/c1-3-4-20(27-18-10-7-16(14-23-2)19(22)13-18)21(26)24-12-11-15-5-8-17(25)9-6-15/h5-10,13-14,20,25H,3-4,11-12H2,1-2H3,(H,24,26)/t20-/m0/s1. The summed E-state index contributed by atoms with van der Waals surface area (Å²) in [6.45, 7) is 2.51. The lowest BCUT2D eigenvalue weighted by Crippen LogP contribution is -2.39. The molecule has 0 aromatic heterocycles. The Morgan fingerprint density at radius 1 is 1.30 bits per heavy atom. The third-order valence-corrected chi connectivity index (χ3v) is 4.34. The number of aliphatic imine (C=N–C) groups is 1. The van der Waals surface area contributed by atoms with E-state index in [1.807, 2.05) is 25.1 Å². The first-order chi connectivity index (χ1) is 13.0. The normalized spacial score (nSPS) is 12.1. The lowest BCUT2D eigenvalue weighted by Gasteiger charge is -2.18. The highest BCUT2D eigenvalue weighted by atomic mass is 35.5. The number of aromatic hydroxyl groups is 1. The number of ether oxygens (including phenoxy) is 1. The predicted molar refractivity (Wildman–Crippen MR) is 109 cm³/mol. The number of phenolic OH excluding ortho intramolecular Hbond substituents is 1. The van der Waals surface area contributed by atoms with Crippen LogP contribution in [-0.2, 0) is 11.2 Å². The van der Waals surface area contributed by atoms with Crippen molar-refractivity contribution in [3.63, 3.8) is 0 Å². The molecule has 5 nitrogen and oxygen atoms in total. The van der Waals surface area contributed by atoms with Gasteiger partial charge in [-0.2, -0.15) is 0 Å². The molecule has 0 heterocycles. The topological polar surface area (TPSA) is 70.9 Å². The highest BCUT2D eigenvalue weighted by molar-refractivity contribution is 6.33. The number of benzene rings is 2. The maximum atomic E-state index is 12.5. The van der Waals surface area contributed by atoms with Crippen molar-refractivity contribution in [3.05, 3.63) is 58.6 Å². The Kier molecular flexibility index (Phi) is 8.14. The first-order valence-electron chi connectivity index (χ1n) is 8.97. The van der Waals surface area contributed by atoms with Gasteiger partial charge < -0.3 is 15.2 Å². The number of halogens is 1. The van der Waals surface area contributed by atoms with Crippen LogP contribution in [-0.4, -0.2) is 36.9 Å². The Balaban J connectivity index is 1.93. The number of amides is 1. The fourth-order valence-electron chi connectivity index (χ4n) is 2.60. The van der Waals surface area contributed by atoms with Crippen LogP contribution in [0.5, 0.6) is 11.5 Å². The van der Waals surface area contributed by atoms with Crippen LogP contribution in [0.4, 0.5) is 0 Å². The monoisotopic (exact) mass is 388 g/mol. The quantitative estimate of drug-likeness (QED) is 0.638. The van der Waals surface area contributed by atoms with Crippen molar-refractivity contribution in [3.8, 4) is 11.5 Å². The van der Waals surface area contributed by atoms with Gasteiger partial charge in [-0.05, 0) is 48.7 Å². The molecule has 2 aromatic carbocycles. The lowest BCUT2D eigenvalue weighted by atomic mass is 10.1. The second kappa shape index (κ2) is 10.6. The molecule has 6 heteroatoms. The van der Waals surface area contributed by atoms with Crippen LogP contribution in [0.2, 0.25) is 5.02 Å². The third kappa shape index (κ3) is 6.61. The average molecular weight is 389 g/mol. The summed E-state index contributed by atoms with van der Waals surface area (Å²) in [5, 5.41) is 12.8. The van der Waals surface area contributed by atoms with Crippen LogP contribution >= 0.6 is 11.6 Å². The maximum absolute atomic E-state index is 12.5. The van der Waals surface area contributed by atoms with E-state index in [4.69, 9.17) is 16.3 Å². The average Bonchev–Trinajstić information content (AvgIpc) is 2.65. The molecule has 0 aliphatic carbocycles. The van der Waals surface area contributed by atoms with Gasteiger partial charge in [-0.1, -0.05) is 37.1 Å². The molecule has 27 heavy (non-hydrogen) atoms. The molecular formula is C21H25ClN2O3. The molecule has 0 bridgehead atoms. The Hall–Kier alpha value is -2.53. The Morgan fingerprint density at radius 2 is 2.04 bits per heavy atom. The van der Waals surface area contributed by atoms with E-state index in [9.17, 15) is 9.90 Å². The zero-order valence-corrected chi connectivity index (χ0v) is 16.4. The zero-order valence-electron chi connectivity index (χ0n) is 15.6. The second-order valence-corrected chi connectivity index (χ2v) is 6.58. The molecule has 2 aromatic rings. The highest BCUT2D eigenvalue weighted by Crippen LogP contribution is 2.23. The van der Waals surface area contributed by atoms with Crippen LogP contribution in [0.15, 0.2) is 47.5 Å². The summed E-state index contributed by atoms with van der Waals surface area (Å²) in [6.07, 6.45) is 3.22. The van der Waals surface area contributed by atoms with Crippen molar-refractivity contribution in [2.75, 3.05) is 13.6 Å². The van der Waals surface area contributed by atoms with Crippen LogP contribution in [0.3, 0.4) is 0 Å². The van der Waals surface area contributed by atoms with E-state index in [-0.39, 0.29) is 11.7 Å². The van der Waals surface area contributed by atoms with Crippen molar-refractivity contribution < 1.29 is 14.6 Å². The molecule has 0 spiro atoms. The predicted octanol–water partition coefficient (Wildman–Crippen LogP) is 4.00. The molecule has 0 unspecified atom stereocenters. The molecule has 1 amide bonds. The van der Waals surface area contributed by atoms with Crippen molar-refractivity contribution in [1.29, 1.82) is 0 Å². The molecular weight excluding hydrogens is 364 g/mol. The number of phenols is 1. The summed E-state index contributed by atoms with van der Waals surface area (Å²) in [5.41, 5.74) is 1.85. The van der Waals surface area contributed by atoms with Crippen molar-refractivity contribution in [2.45, 2.75) is 32.3 Å². The Bertz CT molecular complexity index is 775. The molecule has 0 radical (unpaired) electrons. The SMILES string of the molecule is CCC[C@H](Oc1ccc(C=NC)c(Cl)c1)C(=O)NCCc1ccc(O)cc1. The van der Waals surface area contributed by atoms with Gasteiger partial charge >= 0.3 is 0 Å². The molecule has 2 rings (SSSR count). The van der Waals surface area contributed by atoms with Gasteiger partial charge in [0.25, 0.3) is 5.91 Å². The second-order valence-electron chi connectivity index (χ2n) is 6.17. The van der Waals surface area contributed by atoms with Gasteiger partial charge in [-0.15, -0.1) is 0 Å². The summed E-state index contributed by atoms with van der Waals surface area (Å²) in [7, 11) is 1.68. The van der Waals surface area contributed by atoms with Crippen molar-refractivity contribution in [2.24, 2.45) is 4.99 Å². The van der Waals surface area contributed by atoms with Gasteiger partial charge in [0.05, 0.1) is 5.02 Å². The lowest BCUT2D eigenvalue weighted by molar-refractivity contribution is -0.128. The minimum atomic E-state index is -0.573. The van der Waals surface area contributed by atoms with Gasteiger partial charge in [-0.3, -0.25) is 9.79 Å². The number of carbonyl (C=O) groups excluding carboxylic acids is 1. The summed E-state index contributed by atoms with van der Waals surface area (Å²) < 4.78 is 5.88. The summed E-state index contributed by atoms with van der Waals surface area (Å²) in [4.78, 5) is 16.5. The Labute approximate surface area is 165 Å². The molecule has 0 saturated carbocycles. The van der Waals surface area contributed by atoms with Gasteiger partial charge in [0.15, 0.2) is 6.10 Å². The molecule has 0 fully saturated rings. The van der Waals surface area contributed by atoms with E-state index in [0.717, 1.165) is 17.5 Å². The first kappa shape index (κ1) is 20.8. The van der Waals surface area contributed by atoms with Crippen LogP contribution in [0.1, 0.15) is 30.9 Å². The fraction of sp³-hybridized carbons (Fsp3) is 0.333. The summed E-state index contributed by atoms with van der Waals surface area (Å²) >= 11 is 6.22. The number of carbonyl (C=O) groups is 1. The summed E-state index contributed by atoms with van der Waals surface area (Å²) in [6, 6.07) is 12.2. The molecule has 0 saturated heterocycles. The first-order valence-corrected chi connectivity index (χ1v) is 9.35. The van der Waals surface area contributed by atoms with Gasteiger partial charge in [0.1, 0.15) is 11.5 Å². The van der Waals surface area contributed by atoms with E-state index >= 15 is 0 Å². The largest absolute Gasteiger partial charge is 0.508 e. The van der Waals surface area contributed by atoms with E-state index in [2.05, 4.69) is 10.3 Å². The van der Waals surface area contributed by atoms with Crippen molar-refractivity contribution >= 4 is 23.7 Å². The number of nitrogens with one attached hydrogen (secondary N) is 1. The molecule has 1 atom stereocenters. The molecule has 0 aliphatic heterocycles. The zero-order chi connectivity index (χ0) is 19.6. The Morgan fingerprint density at radius 3 is 2.67 bits per heavy atom.